The first-order valence-corrected chi connectivity index (χ1v) is 7.72. The molecule has 0 unspecified atom stereocenters. The largest absolute Gasteiger partial charge is 0.366 e. The lowest BCUT2D eigenvalue weighted by Crippen LogP contribution is -2.23. The van der Waals surface area contributed by atoms with E-state index in [1.54, 1.807) is 12.1 Å². The van der Waals surface area contributed by atoms with Crippen molar-refractivity contribution in [3.05, 3.63) is 71.3 Å². The molecule has 0 spiro atoms. The zero-order chi connectivity index (χ0) is 15.9. The predicted molar refractivity (Wildman–Crippen MR) is 98.0 cm³/mol. The van der Waals surface area contributed by atoms with Gasteiger partial charge in [-0.1, -0.05) is 42.5 Å². The predicted octanol–water partition coefficient (Wildman–Crippen LogP) is 3.83. The molecule has 2 rings (SSSR count). The average molecular weight is 333 g/mol. The Kier molecular flexibility index (Phi) is 7.79. The molecule has 0 fully saturated rings. The van der Waals surface area contributed by atoms with Crippen LogP contribution in [0.4, 0.5) is 0 Å². The molecule has 0 aliphatic heterocycles. The monoisotopic (exact) mass is 332 g/mol. The summed E-state index contributed by atoms with van der Waals surface area (Å²) in [7, 11) is 2.16. The van der Waals surface area contributed by atoms with Gasteiger partial charge in [-0.15, -0.1) is 12.4 Å². The second-order valence-electron chi connectivity index (χ2n) is 5.73. The van der Waals surface area contributed by atoms with Crippen molar-refractivity contribution in [1.82, 2.24) is 4.90 Å². The van der Waals surface area contributed by atoms with Crippen molar-refractivity contribution in [2.45, 2.75) is 25.8 Å². The van der Waals surface area contributed by atoms with E-state index >= 15 is 0 Å². The second-order valence-corrected chi connectivity index (χ2v) is 5.73. The minimum Gasteiger partial charge on any atom is -0.366 e. The lowest BCUT2D eigenvalue weighted by Gasteiger charge is -2.25. The Bertz CT molecular complexity index is 599. The number of hydrogen-bond acceptors (Lipinski definition) is 2. The average Bonchev–Trinajstić information content (AvgIpc) is 2.55. The van der Waals surface area contributed by atoms with E-state index in [0.29, 0.717) is 11.6 Å². The zero-order valence-corrected chi connectivity index (χ0v) is 14.6. The summed E-state index contributed by atoms with van der Waals surface area (Å²) in [6.07, 6.45) is 2.09. The molecule has 0 aliphatic carbocycles. The van der Waals surface area contributed by atoms with Gasteiger partial charge < -0.3 is 5.73 Å². The van der Waals surface area contributed by atoms with Crippen molar-refractivity contribution in [2.24, 2.45) is 5.73 Å². The molecule has 0 aliphatic rings. The van der Waals surface area contributed by atoms with Crippen LogP contribution in [0.25, 0.3) is 0 Å². The number of rotatable bonds is 7. The van der Waals surface area contributed by atoms with Gasteiger partial charge in [-0.05, 0) is 56.6 Å². The number of hydrogen-bond donors (Lipinski definition) is 1. The fraction of sp³-hybridized carbons (Fsp3) is 0.316. The minimum atomic E-state index is -0.372. The smallest absolute Gasteiger partial charge is 0.248 e. The topological polar surface area (TPSA) is 46.3 Å². The molecular formula is C19H25ClN2O. The van der Waals surface area contributed by atoms with E-state index in [4.69, 9.17) is 5.73 Å². The highest BCUT2D eigenvalue weighted by molar-refractivity contribution is 5.92. The zero-order valence-electron chi connectivity index (χ0n) is 13.7. The molecule has 1 amide bonds. The molecule has 23 heavy (non-hydrogen) atoms. The SMILES string of the molecule is C[C@@H](c1ccccc1)N(C)CCCc1ccc(C(N)=O)cc1.Cl. The molecule has 3 nitrogen and oxygen atoms in total. The van der Waals surface area contributed by atoms with E-state index in [1.165, 1.54) is 11.1 Å². The summed E-state index contributed by atoms with van der Waals surface area (Å²) in [5, 5.41) is 0. The molecule has 0 saturated carbocycles. The normalized spacial score (nSPS) is 11.8. The minimum absolute atomic E-state index is 0. The number of halogens is 1. The highest BCUT2D eigenvalue weighted by atomic mass is 35.5. The number of amides is 1. The Morgan fingerprint density at radius 1 is 1.09 bits per heavy atom. The van der Waals surface area contributed by atoms with Gasteiger partial charge in [-0.25, -0.2) is 0 Å². The fourth-order valence-electron chi connectivity index (χ4n) is 2.55. The number of primary amides is 1. The summed E-state index contributed by atoms with van der Waals surface area (Å²) in [6, 6.07) is 18.5. The van der Waals surface area contributed by atoms with Gasteiger partial charge in [0, 0.05) is 11.6 Å². The van der Waals surface area contributed by atoms with Crippen molar-refractivity contribution < 1.29 is 4.79 Å². The molecule has 0 saturated heterocycles. The summed E-state index contributed by atoms with van der Waals surface area (Å²) in [5.74, 6) is -0.372. The molecule has 0 aromatic heterocycles. The van der Waals surface area contributed by atoms with Crippen LogP contribution in [0.3, 0.4) is 0 Å². The number of nitrogens with two attached hydrogens (primary N) is 1. The summed E-state index contributed by atoms with van der Waals surface area (Å²) in [4.78, 5) is 13.4. The van der Waals surface area contributed by atoms with E-state index in [0.717, 1.165) is 19.4 Å². The molecule has 2 N–H and O–H groups in total. The van der Waals surface area contributed by atoms with E-state index < -0.39 is 0 Å². The van der Waals surface area contributed by atoms with Crippen LogP contribution >= 0.6 is 12.4 Å². The molecular weight excluding hydrogens is 308 g/mol. The van der Waals surface area contributed by atoms with Gasteiger partial charge in [0.1, 0.15) is 0 Å². The van der Waals surface area contributed by atoms with Crippen LogP contribution in [0.2, 0.25) is 0 Å². The summed E-state index contributed by atoms with van der Waals surface area (Å²) in [5.41, 5.74) is 8.40. The van der Waals surface area contributed by atoms with Gasteiger partial charge >= 0.3 is 0 Å². The van der Waals surface area contributed by atoms with Gasteiger partial charge in [0.15, 0.2) is 0 Å². The van der Waals surface area contributed by atoms with Gasteiger partial charge in [0.05, 0.1) is 0 Å². The highest BCUT2D eigenvalue weighted by Crippen LogP contribution is 2.18. The number of carbonyl (C=O) groups is 1. The third-order valence-electron chi connectivity index (χ3n) is 4.16. The molecule has 2 aromatic carbocycles. The summed E-state index contributed by atoms with van der Waals surface area (Å²) >= 11 is 0. The molecule has 0 radical (unpaired) electrons. The number of benzene rings is 2. The van der Waals surface area contributed by atoms with Crippen LogP contribution < -0.4 is 5.73 Å². The van der Waals surface area contributed by atoms with Crippen molar-refractivity contribution in [2.75, 3.05) is 13.6 Å². The van der Waals surface area contributed by atoms with E-state index in [-0.39, 0.29) is 18.3 Å². The molecule has 0 bridgehead atoms. The van der Waals surface area contributed by atoms with Gasteiger partial charge in [-0.3, -0.25) is 9.69 Å². The maximum atomic E-state index is 11.0. The maximum absolute atomic E-state index is 11.0. The summed E-state index contributed by atoms with van der Waals surface area (Å²) < 4.78 is 0. The first-order chi connectivity index (χ1) is 10.6. The van der Waals surface area contributed by atoms with E-state index in [2.05, 4.69) is 43.1 Å². The van der Waals surface area contributed by atoms with Crippen LogP contribution in [0, 0.1) is 0 Å². The van der Waals surface area contributed by atoms with Crippen LogP contribution in [-0.2, 0) is 6.42 Å². The van der Waals surface area contributed by atoms with Crippen molar-refractivity contribution in [3.63, 3.8) is 0 Å². The molecule has 124 valence electrons. The Hall–Kier alpha value is -1.84. The van der Waals surface area contributed by atoms with Crippen LogP contribution in [-0.4, -0.2) is 24.4 Å². The molecule has 4 heteroatoms. The lowest BCUT2D eigenvalue weighted by atomic mass is 10.1. The quantitative estimate of drug-likeness (QED) is 0.837. The Morgan fingerprint density at radius 3 is 2.26 bits per heavy atom. The Morgan fingerprint density at radius 2 is 1.70 bits per heavy atom. The lowest BCUT2D eigenvalue weighted by molar-refractivity contribution is 0.100. The standard InChI is InChI=1S/C19H24N2O.ClH/c1-15(17-8-4-3-5-9-17)21(2)14-6-7-16-10-12-18(13-11-16)19(20)22;/h3-5,8-13,15H,6-7,14H2,1-2H3,(H2,20,22);1H/t15-;/m0./s1. The van der Waals surface area contributed by atoms with Gasteiger partial charge in [0.25, 0.3) is 0 Å². The van der Waals surface area contributed by atoms with Gasteiger partial charge in [0.2, 0.25) is 5.91 Å². The first kappa shape index (κ1) is 19.2. The number of carbonyl (C=O) groups excluding carboxylic acids is 1. The molecule has 2 aromatic rings. The molecule has 0 heterocycles. The van der Waals surface area contributed by atoms with Crippen LogP contribution in [0.5, 0.6) is 0 Å². The third kappa shape index (κ3) is 5.70. The van der Waals surface area contributed by atoms with Crippen molar-refractivity contribution >= 4 is 18.3 Å². The Labute approximate surface area is 144 Å². The third-order valence-corrected chi connectivity index (χ3v) is 4.16. The van der Waals surface area contributed by atoms with E-state index in [1.807, 2.05) is 18.2 Å². The van der Waals surface area contributed by atoms with Crippen molar-refractivity contribution in [3.8, 4) is 0 Å². The number of nitrogens with zero attached hydrogens (tertiary/aromatic N) is 1. The van der Waals surface area contributed by atoms with Gasteiger partial charge in [-0.2, -0.15) is 0 Å². The Balaban J connectivity index is 0.00000264. The van der Waals surface area contributed by atoms with Crippen LogP contribution in [0.15, 0.2) is 54.6 Å². The molecule has 1 atom stereocenters. The maximum Gasteiger partial charge on any atom is 0.248 e. The van der Waals surface area contributed by atoms with Crippen LogP contribution in [0.1, 0.15) is 40.9 Å². The van der Waals surface area contributed by atoms with E-state index in [9.17, 15) is 4.79 Å². The first-order valence-electron chi connectivity index (χ1n) is 7.72. The van der Waals surface area contributed by atoms with Crippen molar-refractivity contribution in [1.29, 1.82) is 0 Å². The highest BCUT2D eigenvalue weighted by Gasteiger charge is 2.10. The summed E-state index contributed by atoms with van der Waals surface area (Å²) in [6.45, 7) is 3.27. The number of aryl methyl sites for hydroxylation is 1. The fourth-order valence-corrected chi connectivity index (χ4v) is 2.55. The second kappa shape index (κ2) is 9.33.